The van der Waals surface area contributed by atoms with Crippen molar-refractivity contribution < 1.29 is 14.3 Å². The predicted molar refractivity (Wildman–Crippen MR) is 79.5 cm³/mol. The van der Waals surface area contributed by atoms with Crippen LogP contribution in [0.25, 0.3) is 0 Å². The normalized spacial score (nSPS) is 30.1. The lowest BCUT2D eigenvalue weighted by molar-refractivity contribution is -0.147. The van der Waals surface area contributed by atoms with E-state index in [0.717, 1.165) is 12.8 Å². The number of carbonyl (C=O) groups excluding carboxylic acids is 1. The van der Waals surface area contributed by atoms with Crippen molar-refractivity contribution in [2.24, 2.45) is 0 Å². The first-order valence-electron chi connectivity index (χ1n) is 8.24. The van der Waals surface area contributed by atoms with Gasteiger partial charge in [0.25, 0.3) is 0 Å². The molecule has 0 radical (unpaired) electrons. The average Bonchev–Trinajstić information content (AvgIpc) is 3.20. The number of allylic oxidation sites excluding steroid dienone is 1. The lowest BCUT2D eigenvalue weighted by Crippen LogP contribution is -2.28. The van der Waals surface area contributed by atoms with Crippen molar-refractivity contribution in [3.8, 4) is 0 Å². The van der Waals surface area contributed by atoms with Gasteiger partial charge in [-0.25, -0.2) is 0 Å². The highest BCUT2D eigenvalue weighted by Gasteiger charge is 2.51. The molecule has 3 heteroatoms. The molecule has 0 aromatic carbocycles. The van der Waals surface area contributed by atoms with Gasteiger partial charge in [0.1, 0.15) is 18.3 Å². The Balaban J connectivity index is 1.61. The molecule has 2 rings (SSSR count). The van der Waals surface area contributed by atoms with E-state index in [9.17, 15) is 4.79 Å². The van der Waals surface area contributed by atoms with Crippen LogP contribution < -0.4 is 0 Å². The van der Waals surface area contributed by atoms with Crippen LogP contribution in [0.5, 0.6) is 0 Å². The third-order valence-electron chi connectivity index (χ3n) is 4.26. The van der Waals surface area contributed by atoms with Gasteiger partial charge >= 0.3 is 5.97 Å². The lowest BCUT2D eigenvalue weighted by Gasteiger charge is -2.19. The van der Waals surface area contributed by atoms with Crippen LogP contribution in [0.4, 0.5) is 0 Å². The minimum absolute atomic E-state index is 0.0105. The van der Waals surface area contributed by atoms with E-state index < -0.39 is 0 Å². The number of hydrogen-bond donors (Lipinski definition) is 0. The first-order chi connectivity index (χ1) is 9.72. The number of carbonyl (C=O) groups is 1. The van der Waals surface area contributed by atoms with Crippen molar-refractivity contribution in [1.29, 1.82) is 0 Å². The minimum Gasteiger partial charge on any atom is -0.460 e. The maximum atomic E-state index is 11.0. The molecule has 114 valence electrons. The number of unbranched alkanes of at least 4 members (excludes halogenated alkanes) is 6. The zero-order valence-corrected chi connectivity index (χ0v) is 12.9. The highest BCUT2D eigenvalue weighted by atomic mass is 16.6. The van der Waals surface area contributed by atoms with E-state index in [2.05, 4.69) is 13.0 Å². The van der Waals surface area contributed by atoms with Gasteiger partial charge in [-0.1, -0.05) is 45.1 Å². The summed E-state index contributed by atoms with van der Waals surface area (Å²) in [5.41, 5.74) is 1.44. The fourth-order valence-corrected chi connectivity index (χ4v) is 3.09. The molecule has 1 aliphatic carbocycles. The van der Waals surface area contributed by atoms with Gasteiger partial charge in [-0.15, -0.1) is 0 Å². The van der Waals surface area contributed by atoms with Crippen LogP contribution in [0.1, 0.15) is 71.6 Å². The second-order valence-electron chi connectivity index (χ2n) is 6.04. The van der Waals surface area contributed by atoms with E-state index in [1.54, 1.807) is 0 Å². The van der Waals surface area contributed by atoms with Gasteiger partial charge < -0.3 is 9.47 Å². The molecule has 3 nitrogen and oxygen atoms in total. The Morgan fingerprint density at radius 2 is 2.05 bits per heavy atom. The van der Waals surface area contributed by atoms with Gasteiger partial charge in [0, 0.05) is 6.92 Å². The number of epoxide rings is 1. The lowest BCUT2D eigenvalue weighted by atomic mass is 9.91. The third kappa shape index (κ3) is 4.62. The Hall–Kier alpha value is -0.830. The van der Waals surface area contributed by atoms with Crippen LogP contribution in [0.15, 0.2) is 11.6 Å². The fraction of sp³-hybridized carbons (Fsp3) is 0.824. The van der Waals surface area contributed by atoms with Gasteiger partial charge in [0.05, 0.1) is 0 Å². The number of rotatable bonds is 8. The quantitative estimate of drug-likeness (QED) is 0.290. The van der Waals surface area contributed by atoms with Crippen LogP contribution >= 0.6 is 0 Å². The monoisotopic (exact) mass is 280 g/mol. The maximum Gasteiger partial charge on any atom is 0.302 e. The summed E-state index contributed by atoms with van der Waals surface area (Å²) in [6, 6.07) is 0. The topological polar surface area (TPSA) is 38.8 Å². The Kier molecular flexibility index (Phi) is 6.08. The molecule has 0 N–H and O–H groups in total. The molecule has 2 fully saturated rings. The molecule has 1 aliphatic heterocycles. The zero-order valence-electron chi connectivity index (χ0n) is 12.9. The maximum absolute atomic E-state index is 11.0. The van der Waals surface area contributed by atoms with E-state index in [-0.39, 0.29) is 24.3 Å². The third-order valence-corrected chi connectivity index (χ3v) is 4.26. The fourth-order valence-electron chi connectivity index (χ4n) is 3.09. The molecule has 2 aliphatic rings. The van der Waals surface area contributed by atoms with Crippen molar-refractivity contribution in [1.82, 2.24) is 0 Å². The van der Waals surface area contributed by atoms with E-state index in [4.69, 9.17) is 9.47 Å². The number of hydrogen-bond acceptors (Lipinski definition) is 3. The Bertz CT molecular complexity index is 348. The molecular formula is C17H28O3. The summed E-state index contributed by atoms with van der Waals surface area (Å²) in [7, 11) is 0. The smallest absolute Gasteiger partial charge is 0.302 e. The van der Waals surface area contributed by atoms with Crippen molar-refractivity contribution in [2.75, 3.05) is 0 Å². The van der Waals surface area contributed by atoms with E-state index in [0.29, 0.717) is 0 Å². The Labute approximate surface area is 122 Å². The second kappa shape index (κ2) is 7.82. The first kappa shape index (κ1) is 15.6. The highest BCUT2D eigenvalue weighted by molar-refractivity contribution is 5.66. The van der Waals surface area contributed by atoms with Crippen LogP contribution in [0.2, 0.25) is 0 Å². The molecule has 0 spiro atoms. The molecule has 1 heterocycles. The van der Waals surface area contributed by atoms with E-state index in [1.807, 2.05) is 0 Å². The Morgan fingerprint density at radius 1 is 1.30 bits per heavy atom. The molecule has 1 saturated heterocycles. The van der Waals surface area contributed by atoms with Crippen LogP contribution in [0.3, 0.4) is 0 Å². The van der Waals surface area contributed by atoms with Crippen LogP contribution in [-0.4, -0.2) is 24.3 Å². The molecule has 0 aromatic rings. The standard InChI is InChI=1S/C17H28O3/c1-3-4-5-6-7-8-9-10-14-11-12-15(19-13(2)18)17-16(14)20-17/h10,15-17H,3-9,11-12H2,1-2H3. The average molecular weight is 280 g/mol. The molecule has 1 saturated carbocycles. The number of ether oxygens (including phenoxy) is 2. The summed E-state index contributed by atoms with van der Waals surface area (Å²) in [4.78, 5) is 11.0. The summed E-state index contributed by atoms with van der Waals surface area (Å²) < 4.78 is 11.0. The molecule has 0 amide bonds. The first-order valence-corrected chi connectivity index (χ1v) is 8.24. The van der Waals surface area contributed by atoms with Gasteiger partial charge in [-0.3, -0.25) is 4.79 Å². The van der Waals surface area contributed by atoms with E-state index >= 15 is 0 Å². The van der Waals surface area contributed by atoms with Crippen LogP contribution in [0, 0.1) is 0 Å². The number of esters is 1. The SMILES string of the molecule is CCCCCCCCC=C1CCC(OC(C)=O)C2OC12. The van der Waals surface area contributed by atoms with Gasteiger partial charge in [0.2, 0.25) is 0 Å². The molecule has 20 heavy (non-hydrogen) atoms. The summed E-state index contributed by atoms with van der Waals surface area (Å²) in [5, 5.41) is 0. The van der Waals surface area contributed by atoms with Gasteiger partial charge in [-0.2, -0.15) is 0 Å². The molecule has 3 unspecified atom stereocenters. The van der Waals surface area contributed by atoms with Gasteiger partial charge in [-0.05, 0) is 31.3 Å². The molecule has 3 atom stereocenters. The Morgan fingerprint density at radius 3 is 2.80 bits per heavy atom. The molecule has 0 bridgehead atoms. The highest BCUT2D eigenvalue weighted by Crippen LogP contribution is 2.42. The van der Waals surface area contributed by atoms with Gasteiger partial charge in [0.15, 0.2) is 0 Å². The summed E-state index contributed by atoms with van der Waals surface area (Å²) in [5.74, 6) is -0.191. The minimum atomic E-state index is -0.191. The van der Waals surface area contributed by atoms with E-state index in [1.165, 1.54) is 57.4 Å². The van der Waals surface area contributed by atoms with Crippen molar-refractivity contribution in [3.63, 3.8) is 0 Å². The number of fused-ring (bicyclic) bond motifs is 1. The van der Waals surface area contributed by atoms with Crippen molar-refractivity contribution >= 4 is 5.97 Å². The summed E-state index contributed by atoms with van der Waals surface area (Å²) in [6.07, 6.45) is 13.9. The van der Waals surface area contributed by atoms with Crippen molar-refractivity contribution in [3.05, 3.63) is 11.6 Å². The molecule has 0 aromatic heterocycles. The predicted octanol–water partition coefficient (Wildman–Crippen LogP) is 4.16. The summed E-state index contributed by atoms with van der Waals surface area (Å²) in [6.45, 7) is 3.73. The zero-order chi connectivity index (χ0) is 14.4. The van der Waals surface area contributed by atoms with Crippen molar-refractivity contribution in [2.45, 2.75) is 89.9 Å². The van der Waals surface area contributed by atoms with Crippen LogP contribution in [-0.2, 0) is 14.3 Å². The second-order valence-corrected chi connectivity index (χ2v) is 6.04. The largest absolute Gasteiger partial charge is 0.460 e. The molecular weight excluding hydrogens is 252 g/mol. The summed E-state index contributed by atoms with van der Waals surface area (Å²) >= 11 is 0.